The van der Waals surface area contributed by atoms with Crippen LogP contribution < -0.4 is 16.4 Å². The van der Waals surface area contributed by atoms with Crippen LogP contribution in [-0.2, 0) is 20.7 Å². The lowest BCUT2D eigenvalue weighted by Crippen LogP contribution is -2.47. The van der Waals surface area contributed by atoms with E-state index >= 15 is 0 Å². The maximum atomic E-state index is 12.5. The summed E-state index contributed by atoms with van der Waals surface area (Å²) >= 11 is 0. The summed E-state index contributed by atoms with van der Waals surface area (Å²) in [6, 6.07) is 13.5. The van der Waals surface area contributed by atoms with Crippen molar-refractivity contribution in [2.24, 2.45) is 5.73 Å². The molecule has 152 valence electrons. The predicted octanol–water partition coefficient (Wildman–Crippen LogP) is 2.04. The number of rotatable bonds is 8. The van der Waals surface area contributed by atoms with Gasteiger partial charge in [0.2, 0.25) is 0 Å². The van der Waals surface area contributed by atoms with E-state index in [1.807, 2.05) is 6.07 Å². The van der Waals surface area contributed by atoms with Crippen LogP contribution in [0.3, 0.4) is 0 Å². The van der Waals surface area contributed by atoms with Crippen LogP contribution in [0.4, 0.5) is 10.5 Å². The molecule has 0 aliphatic carbocycles. The van der Waals surface area contributed by atoms with E-state index in [4.69, 9.17) is 10.5 Å². The third-order valence-electron chi connectivity index (χ3n) is 4.10. The van der Waals surface area contributed by atoms with Gasteiger partial charge in [-0.25, -0.2) is 9.59 Å². The monoisotopic (exact) mass is 397 g/mol. The minimum atomic E-state index is -1.11. The first-order valence-corrected chi connectivity index (χ1v) is 8.98. The van der Waals surface area contributed by atoms with Gasteiger partial charge in [0.1, 0.15) is 6.04 Å². The lowest BCUT2D eigenvalue weighted by molar-refractivity contribution is -0.155. The summed E-state index contributed by atoms with van der Waals surface area (Å²) in [5.41, 5.74) is 6.92. The molecular weight excluding hydrogens is 374 g/mol. The topological polar surface area (TPSA) is 128 Å². The molecule has 2 aromatic carbocycles. The fourth-order valence-electron chi connectivity index (χ4n) is 2.56. The van der Waals surface area contributed by atoms with Gasteiger partial charge in [0.25, 0.3) is 5.91 Å². The summed E-state index contributed by atoms with van der Waals surface area (Å²) in [5.74, 6) is -1.41. The summed E-state index contributed by atoms with van der Waals surface area (Å²) in [6.07, 6.45) is -0.938. The second-order valence-electron chi connectivity index (χ2n) is 6.45. The summed E-state index contributed by atoms with van der Waals surface area (Å²) in [5, 5.41) is 4.94. The van der Waals surface area contributed by atoms with Crippen LogP contribution in [-0.4, -0.2) is 35.8 Å². The van der Waals surface area contributed by atoms with Gasteiger partial charge in [-0.3, -0.25) is 9.59 Å². The van der Waals surface area contributed by atoms with Crippen molar-refractivity contribution in [2.75, 3.05) is 5.32 Å². The highest BCUT2D eigenvalue weighted by Gasteiger charge is 2.26. The number of nitrogens with one attached hydrogen (secondary N) is 2. The molecule has 8 nitrogen and oxygen atoms in total. The van der Waals surface area contributed by atoms with Gasteiger partial charge in [-0.1, -0.05) is 30.3 Å². The van der Waals surface area contributed by atoms with E-state index in [0.29, 0.717) is 11.3 Å². The summed E-state index contributed by atoms with van der Waals surface area (Å²) in [4.78, 5) is 47.3. The van der Waals surface area contributed by atoms with Crippen molar-refractivity contribution in [3.8, 4) is 0 Å². The highest BCUT2D eigenvalue weighted by atomic mass is 16.5. The van der Waals surface area contributed by atoms with Crippen LogP contribution in [0.5, 0.6) is 0 Å². The highest BCUT2D eigenvalue weighted by molar-refractivity contribution is 5.97. The SMILES string of the molecule is CC(=O)c1ccc(NC(=O)[C@@H](C)OC(=O)[C@H](Cc2ccccc2)NC(N)=O)cc1. The van der Waals surface area contributed by atoms with Gasteiger partial charge in [0, 0.05) is 17.7 Å². The van der Waals surface area contributed by atoms with Crippen LogP contribution in [0, 0.1) is 0 Å². The molecule has 2 atom stereocenters. The van der Waals surface area contributed by atoms with Crippen molar-refractivity contribution in [2.45, 2.75) is 32.4 Å². The molecule has 8 heteroatoms. The van der Waals surface area contributed by atoms with Crippen molar-refractivity contribution in [3.05, 3.63) is 65.7 Å². The molecule has 0 aliphatic rings. The lowest BCUT2D eigenvalue weighted by atomic mass is 10.1. The molecule has 29 heavy (non-hydrogen) atoms. The Morgan fingerprint density at radius 1 is 1.00 bits per heavy atom. The molecule has 3 amide bonds. The molecule has 2 aromatic rings. The smallest absolute Gasteiger partial charge is 0.329 e. The zero-order chi connectivity index (χ0) is 21.4. The molecular formula is C21H23N3O5. The van der Waals surface area contributed by atoms with E-state index in [1.54, 1.807) is 48.5 Å². The number of primary amides is 1. The van der Waals surface area contributed by atoms with E-state index < -0.39 is 30.1 Å². The molecule has 0 saturated heterocycles. The van der Waals surface area contributed by atoms with Gasteiger partial charge < -0.3 is 21.1 Å². The molecule has 0 radical (unpaired) electrons. The number of ether oxygens (including phenoxy) is 1. The first kappa shape index (κ1) is 21.6. The number of amides is 3. The molecule has 2 rings (SSSR count). The summed E-state index contributed by atoms with van der Waals surface area (Å²) < 4.78 is 5.21. The summed E-state index contributed by atoms with van der Waals surface area (Å²) in [7, 11) is 0. The van der Waals surface area contributed by atoms with Gasteiger partial charge in [0.05, 0.1) is 0 Å². The summed E-state index contributed by atoms with van der Waals surface area (Å²) in [6.45, 7) is 2.86. The number of carbonyl (C=O) groups excluding carboxylic acids is 4. The maximum absolute atomic E-state index is 12.5. The largest absolute Gasteiger partial charge is 0.451 e. The highest BCUT2D eigenvalue weighted by Crippen LogP contribution is 2.12. The van der Waals surface area contributed by atoms with Crippen molar-refractivity contribution in [1.29, 1.82) is 0 Å². The van der Waals surface area contributed by atoms with E-state index in [2.05, 4.69) is 10.6 Å². The Balaban J connectivity index is 1.98. The van der Waals surface area contributed by atoms with Crippen LogP contribution in [0.1, 0.15) is 29.8 Å². The molecule has 0 bridgehead atoms. The number of urea groups is 1. The van der Waals surface area contributed by atoms with Crippen molar-refractivity contribution >= 4 is 29.4 Å². The fourth-order valence-corrected chi connectivity index (χ4v) is 2.56. The Bertz CT molecular complexity index is 881. The molecule has 0 heterocycles. The molecule has 0 unspecified atom stereocenters. The predicted molar refractivity (Wildman–Crippen MR) is 107 cm³/mol. The van der Waals surface area contributed by atoms with Crippen molar-refractivity contribution in [1.82, 2.24) is 5.32 Å². The standard InChI is InChI=1S/C21H23N3O5/c1-13(25)16-8-10-17(11-9-16)23-19(26)14(2)29-20(27)18(24-21(22)28)12-15-6-4-3-5-7-15/h3-11,14,18H,12H2,1-2H3,(H,23,26)(H3,22,24,28)/t14-,18+/m1/s1. The van der Waals surface area contributed by atoms with Gasteiger partial charge in [0.15, 0.2) is 11.9 Å². The fraction of sp³-hybridized carbons (Fsp3) is 0.238. The van der Waals surface area contributed by atoms with Gasteiger partial charge in [-0.2, -0.15) is 0 Å². The number of Topliss-reactive ketones (excluding diaryl/α,β-unsaturated/α-hetero) is 1. The van der Waals surface area contributed by atoms with E-state index in [0.717, 1.165) is 5.56 Å². The Morgan fingerprint density at radius 2 is 1.62 bits per heavy atom. The quantitative estimate of drug-likeness (QED) is 0.464. The number of nitrogens with two attached hydrogens (primary N) is 1. The maximum Gasteiger partial charge on any atom is 0.329 e. The number of hydrogen-bond acceptors (Lipinski definition) is 5. The molecule has 0 aliphatic heterocycles. The Morgan fingerprint density at radius 3 is 2.17 bits per heavy atom. The average molecular weight is 397 g/mol. The van der Waals surface area contributed by atoms with E-state index in [1.165, 1.54) is 13.8 Å². The van der Waals surface area contributed by atoms with Crippen LogP contribution in [0.25, 0.3) is 0 Å². The zero-order valence-corrected chi connectivity index (χ0v) is 16.2. The molecule has 0 aromatic heterocycles. The van der Waals surface area contributed by atoms with Crippen LogP contribution in [0.15, 0.2) is 54.6 Å². The normalized spacial score (nSPS) is 12.3. The molecule has 4 N–H and O–H groups in total. The third-order valence-corrected chi connectivity index (χ3v) is 4.10. The third kappa shape index (κ3) is 6.76. The zero-order valence-electron chi connectivity index (χ0n) is 16.2. The first-order valence-electron chi connectivity index (χ1n) is 8.98. The van der Waals surface area contributed by atoms with Gasteiger partial charge in [-0.05, 0) is 43.7 Å². The van der Waals surface area contributed by atoms with E-state index in [-0.39, 0.29) is 12.2 Å². The molecule has 0 saturated carbocycles. The minimum Gasteiger partial charge on any atom is -0.451 e. The average Bonchev–Trinajstić information content (AvgIpc) is 2.68. The van der Waals surface area contributed by atoms with Crippen LogP contribution >= 0.6 is 0 Å². The minimum absolute atomic E-state index is 0.0865. The number of carbonyl (C=O) groups is 4. The number of anilines is 1. The number of ketones is 1. The van der Waals surface area contributed by atoms with Gasteiger partial charge >= 0.3 is 12.0 Å². The van der Waals surface area contributed by atoms with E-state index in [9.17, 15) is 19.2 Å². The molecule has 0 spiro atoms. The second kappa shape index (κ2) is 10.0. The Labute approximate surface area is 168 Å². The van der Waals surface area contributed by atoms with Crippen LogP contribution in [0.2, 0.25) is 0 Å². The van der Waals surface area contributed by atoms with Gasteiger partial charge in [-0.15, -0.1) is 0 Å². The number of hydrogen-bond donors (Lipinski definition) is 3. The van der Waals surface area contributed by atoms with Crippen molar-refractivity contribution < 1.29 is 23.9 Å². The van der Waals surface area contributed by atoms with Crippen molar-refractivity contribution in [3.63, 3.8) is 0 Å². The Hall–Kier alpha value is -3.68. The number of esters is 1. The second-order valence-corrected chi connectivity index (χ2v) is 6.45. The first-order chi connectivity index (χ1) is 13.8. The Kier molecular flexibility index (Phi) is 7.47. The number of benzene rings is 2. The molecule has 0 fully saturated rings. The lowest BCUT2D eigenvalue weighted by Gasteiger charge is -2.20.